The molecule has 2 atom stereocenters. The fourth-order valence-corrected chi connectivity index (χ4v) is 4.36. The zero-order valence-corrected chi connectivity index (χ0v) is 14.9. The summed E-state index contributed by atoms with van der Waals surface area (Å²) >= 11 is 0. The Morgan fingerprint density at radius 3 is 2.88 bits per heavy atom. The minimum Gasteiger partial charge on any atom is -0.493 e. The molecular formula is C19H28N2O4. The topological polar surface area (TPSA) is 54.4 Å². The van der Waals surface area contributed by atoms with E-state index in [2.05, 4.69) is 15.9 Å². The summed E-state index contributed by atoms with van der Waals surface area (Å²) in [4.78, 5) is 5.11. The van der Waals surface area contributed by atoms with Gasteiger partial charge in [-0.15, -0.1) is 0 Å². The molecule has 1 aromatic rings. The van der Waals surface area contributed by atoms with Gasteiger partial charge in [-0.2, -0.15) is 0 Å². The largest absolute Gasteiger partial charge is 0.493 e. The van der Waals surface area contributed by atoms with Crippen molar-refractivity contribution in [3.8, 4) is 17.2 Å². The highest BCUT2D eigenvalue weighted by Crippen LogP contribution is 2.39. The van der Waals surface area contributed by atoms with Gasteiger partial charge in [0.15, 0.2) is 11.5 Å². The fourth-order valence-electron chi connectivity index (χ4n) is 4.36. The number of ether oxygens (including phenoxy) is 3. The summed E-state index contributed by atoms with van der Waals surface area (Å²) in [5, 5.41) is 9.50. The van der Waals surface area contributed by atoms with Crippen LogP contribution in [-0.2, 0) is 6.54 Å². The van der Waals surface area contributed by atoms with Gasteiger partial charge in [-0.3, -0.25) is 9.80 Å². The zero-order valence-electron chi connectivity index (χ0n) is 14.9. The molecular weight excluding hydrogens is 320 g/mol. The smallest absolute Gasteiger partial charge is 0.231 e. The van der Waals surface area contributed by atoms with Crippen molar-refractivity contribution in [3.63, 3.8) is 0 Å². The molecule has 0 spiro atoms. The highest BCUT2D eigenvalue weighted by Gasteiger charge is 2.36. The van der Waals surface area contributed by atoms with Crippen molar-refractivity contribution >= 4 is 0 Å². The van der Waals surface area contributed by atoms with E-state index in [-0.39, 0.29) is 13.4 Å². The average Bonchev–Trinajstić information content (AvgIpc) is 3.24. The van der Waals surface area contributed by atoms with Crippen LogP contribution in [0.1, 0.15) is 31.7 Å². The SMILES string of the molecule is CCOc1cc2c(cc1CN1C[C@@H]3CCCN3C[C@@H]1CCO)OCO2. The summed E-state index contributed by atoms with van der Waals surface area (Å²) in [7, 11) is 0. The third kappa shape index (κ3) is 3.43. The van der Waals surface area contributed by atoms with Crippen LogP contribution in [0.25, 0.3) is 0 Å². The van der Waals surface area contributed by atoms with Crippen LogP contribution < -0.4 is 14.2 Å². The van der Waals surface area contributed by atoms with E-state index < -0.39 is 0 Å². The van der Waals surface area contributed by atoms with Crippen LogP contribution in [0.2, 0.25) is 0 Å². The van der Waals surface area contributed by atoms with Gasteiger partial charge in [0.05, 0.1) is 6.61 Å². The predicted octanol–water partition coefficient (Wildman–Crippen LogP) is 1.84. The second kappa shape index (κ2) is 7.40. The average molecular weight is 348 g/mol. The summed E-state index contributed by atoms with van der Waals surface area (Å²) in [6.07, 6.45) is 3.39. The molecule has 6 nitrogen and oxygen atoms in total. The number of aliphatic hydroxyl groups excluding tert-OH is 1. The van der Waals surface area contributed by atoms with Crippen molar-refractivity contribution in [1.29, 1.82) is 0 Å². The van der Waals surface area contributed by atoms with E-state index in [1.165, 1.54) is 19.4 Å². The Bertz CT molecular complexity index is 609. The Labute approximate surface area is 149 Å². The molecule has 3 aliphatic heterocycles. The highest BCUT2D eigenvalue weighted by molar-refractivity contribution is 5.51. The van der Waals surface area contributed by atoms with E-state index in [1.54, 1.807) is 0 Å². The third-order valence-corrected chi connectivity index (χ3v) is 5.60. The van der Waals surface area contributed by atoms with E-state index in [0.717, 1.165) is 48.9 Å². The maximum Gasteiger partial charge on any atom is 0.231 e. The molecule has 0 aliphatic carbocycles. The normalized spacial score (nSPS) is 26.0. The first kappa shape index (κ1) is 16.9. The standard InChI is InChI=1S/C19H28N2O4/c1-2-23-17-9-19-18(24-13-25-19)8-14(17)10-21-12-15-4-3-6-20(15)11-16(21)5-7-22/h8-9,15-16,22H,2-7,10-13H2,1H3/t15-,16-/m0/s1. The predicted molar refractivity (Wildman–Crippen MR) is 94.2 cm³/mol. The number of aliphatic hydroxyl groups is 1. The van der Waals surface area contributed by atoms with Crippen LogP contribution in [0.4, 0.5) is 0 Å². The number of rotatable bonds is 6. The number of hydrogen-bond acceptors (Lipinski definition) is 6. The molecule has 3 heterocycles. The number of piperazine rings is 1. The van der Waals surface area contributed by atoms with Gasteiger partial charge in [0, 0.05) is 50.0 Å². The summed E-state index contributed by atoms with van der Waals surface area (Å²) in [6, 6.07) is 5.05. The second-order valence-electron chi connectivity index (χ2n) is 7.13. The monoisotopic (exact) mass is 348 g/mol. The maximum atomic E-state index is 9.50. The van der Waals surface area contributed by atoms with Gasteiger partial charge in [0.25, 0.3) is 0 Å². The van der Waals surface area contributed by atoms with Crippen LogP contribution in [0.15, 0.2) is 12.1 Å². The van der Waals surface area contributed by atoms with Crippen molar-refractivity contribution in [2.45, 2.75) is 44.8 Å². The van der Waals surface area contributed by atoms with Crippen LogP contribution in [0.3, 0.4) is 0 Å². The van der Waals surface area contributed by atoms with Gasteiger partial charge < -0.3 is 19.3 Å². The van der Waals surface area contributed by atoms with Gasteiger partial charge in [-0.05, 0) is 38.8 Å². The molecule has 3 aliphatic rings. The van der Waals surface area contributed by atoms with Crippen molar-refractivity contribution in [2.24, 2.45) is 0 Å². The summed E-state index contributed by atoms with van der Waals surface area (Å²) in [5.41, 5.74) is 1.14. The zero-order chi connectivity index (χ0) is 17.2. The summed E-state index contributed by atoms with van der Waals surface area (Å²) in [6.45, 7) is 7.28. The Morgan fingerprint density at radius 1 is 1.24 bits per heavy atom. The van der Waals surface area contributed by atoms with Crippen LogP contribution in [-0.4, -0.2) is 66.6 Å². The van der Waals surface area contributed by atoms with Crippen molar-refractivity contribution in [3.05, 3.63) is 17.7 Å². The quantitative estimate of drug-likeness (QED) is 0.847. The molecule has 0 aromatic heterocycles. The first-order valence-electron chi connectivity index (χ1n) is 9.42. The molecule has 0 bridgehead atoms. The lowest BCUT2D eigenvalue weighted by Crippen LogP contribution is -2.55. The van der Waals surface area contributed by atoms with E-state index in [1.807, 2.05) is 13.0 Å². The van der Waals surface area contributed by atoms with Gasteiger partial charge >= 0.3 is 0 Å². The van der Waals surface area contributed by atoms with Crippen molar-refractivity contribution in [1.82, 2.24) is 9.80 Å². The number of hydrogen-bond donors (Lipinski definition) is 1. The van der Waals surface area contributed by atoms with Crippen LogP contribution >= 0.6 is 0 Å². The van der Waals surface area contributed by atoms with Gasteiger partial charge in [-0.25, -0.2) is 0 Å². The minimum absolute atomic E-state index is 0.235. The molecule has 0 radical (unpaired) electrons. The lowest BCUT2D eigenvalue weighted by molar-refractivity contribution is 0.0328. The van der Waals surface area contributed by atoms with Crippen molar-refractivity contribution in [2.75, 3.05) is 39.6 Å². The maximum absolute atomic E-state index is 9.50. The van der Waals surface area contributed by atoms with E-state index in [0.29, 0.717) is 18.7 Å². The molecule has 2 fully saturated rings. The molecule has 1 N–H and O–H groups in total. The Kier molecular flexibility index (Phi) is 5.01. The molecule has 6 heteroatoms. The van der Waals surface area contributed by atoms with Gasteiger partial charge in [-0.1, -0.05) is 0 Å². The van der Waals surface area contributed by atoms with E-state index >= 15 is 0 Å². The number of fused-ring (bicyclic) bond motifs is 2. The highest BCUT2D eigenvalue weighted by atomic mass is 16.7. The molecule has 2 saturated heterocycles. The third-order valence-electron chi connectivity index (χ3n) is 5.60. The number of benzene rings is 1. The second-order valence-corrected chi connectivity index (χ2v) is 7.13. The minimum atomic E-state index is 0.235. The Morgan fingerprint density at radius 2 is 2.08 bits per heavy atom. The van der Waals surface area contributed by atoms with Crippen molar-refractivity contribution < 1.29 is 19.3 Å². The first-order valence-corrected chi connectivity index (χ1v) is 9.42. The molecule has 0 amide bonds. The Balaban J connectivity index is 1.56. The van der Waals surface area contributed by atoms with Gasteiger partial charge in [0.2, 0.25) is 6.79 Å². The molecule has 0 unspecified atom stereocenters. The Hall–Kier alpha value is -1.50. The summed E-state index contributed by atoms with van der Waals surface area (Å²) in [5.74, 6) is 2.44. The van der Waals surface area contributed by atoms with Crippen LogP contribution in [0, 0.1) is 0 Å². The molecule has 4 rings (SSSR count). The van der Waals surface area contributed by atoms with E-state index in [9.17, 15) is 5.11 Å². The van der Waals surface area contributed by atoms with E-state index in [4.69, 9.17) is 14.2 Å². The summed E-state index contributed by atoms with van der Waals surface area (Å²) < 4.78 is 16.9. The molecule has 138 valence electrons. The lowest BCUT2D eigenvalue weighted by atomic mass is 10.0. The number of nitrogens with zero attached hydrogens (tertiary/aromatic N) is 2. The van der Waals surface area contributed by atoms with Crippen LogP contribution in [0.5, 0.6) is 17.2 Å². The molecule has 1 aromatic carbocycles. The van der Waals surface area contributed by atoms with Gasteiger partial charge in [0.1, 0.15) is 5.75 Å². The lowest BCUT2D eigenvalue weighted by Gasteiger charge is -2.43. The molecule has 25 heavy (non-hydrogen) atoms. The fraction of sp³-hybridized carbons (Fsp3) is 0.684. The molecule has 0 saturated carbocycles. The first-order chi connectivity index (χ1) is 12.3.